The van der Waals surface area contributed by atoms with Gasteiger partial charge in [0.15, 0.2) is 0 Å². The van der Waals surface area contributed by atoms with Crippen LogP contribution in [0, 0.1) is 0 Å². The molecule has 88 valence electrons. The zero-order valence-corrected chi connectivity index (χ0v) is 9.53. The molecule has 2 aliphatic heterocycles. The molecule has 0 spiro atoms. The fourth-order valence-corrected chi connectivity index (χ4v) is 2.47. The number of rotatable bonds is 1. The third kappa shape index (κ3) is 1.74. The summed E-state index contributed by atoms with van der Waals surface area (Å²) in [5.41, 5.74) is 3.23. The van der Waals surface area contributed by atoms with E-state index in [2.05, 4.69) is 5.32 Å². The summed E-state index contributed by atoms with van der Waals surface area (Å²) in [5, 5.41) is 3.29. The summed E-state index contributed by atoms with van der Waals surface area (Å²) in [6, 6.07) is 5.87. The molecular weight excluding hydrogens is 216 g/mol. The van der Waals surface area contributed by atoms with Gasteiger partial charge in [0, 0.05) is 19.4 Å². The Bertz CT molecular complexity index is 480. The Morgan fingerprint density at radius 1 is 1.00 bits per heavy atom. The van der Waals surface area contributed by atoms with Crippen LogP contribution < -0.4 is 10.2 Å². The largest absolute Gasteiger partial charge is 0.312 e. The van der Waals surface area contributed by atoms with Crippen LogP contribution in [-0.2, 0) is 22.6 Å². The first-order chi connectivity index (χ1) is 8.25. The van der Waals surface area contributed by atoms with Crippen molar-refractivity contribution in [2.75, 3.05) is 11.4 Å². The van der Waals surface area contributed by atoms with Gasteiger partial charge in [-0.05, 0) is 36.2 Å². The fraction of sp³-hybridized carbons (Fsp3) is 0.385. The fourth-order valence-electron chi connectivity index (χ4n) is 2.47. The summed E-state index contributed by atoms with van der Waals surface area (Å²) < 4.78 is 0. The van der Waals surface area contributed by atoms with Gasteiger partial charge in [0.2, 0.25) is 11.8 Å². The van der Waals surface area contributed by atoms with Crippen LogP contribution in [0.25, 0.3) is 0 Å². The maximum Gasteiger partial charge on any atom is 0.234 e. The number of hydrogen-bond donors (Lipinski definition) is 1. The van der Waals surface area contributed by atoms with Crippen LogP contribution in [0.4, 0.5) is 5.69 Å². The van der Waals surface area contributed by atoms with Crippen LogP contribution in [0.2, 0.25) is 0 Å². The van der Waals surface area contributed by atoms with E-state index < -0.39 is 0 Å². The molecule has 2 amide bonds. The van der Waals surface area contributed by atoms with Crippen LogP contribution >= 0.6 is 0 Å². The van der Waals surface area contributed by atoms with E-state index in [9.17, 15) is 9.59 Å². The van der Waals surface area contributed by atoms with E-state index in [0.717, 1.165) is 25.2 Å². The van der Waals surface area contributed by atoms with Crippen LogP contribution in [0.5, 0.6) is 0 Å². The number of carbonyl (C=O) groups excluding carboxylic acids is 2. The second kappa shape index (κ2) is 3.96. The Balaban J connectivity index is 1.98. The van der Waals surface area contributed by atoms with Crippen molar-refractivity contribution in [2.45, 2.75) is 25.8 Å². The first-order valence-electron chi connectivity index (χ1n) is 5.94. The van der Waals surface area contributed by atoms with Gasteiger partial charge in [-0.15, -0.1) is 0 Å². The lowest BCUT2D eigenvalue weighted by molar-refractivity contribution is -0.121. The topological polar surface area (TPSA) is 49.4 Å². The third-order valence-electron chi connectivity index (χ3n) is 3.39. The molecule has 1 saturated heterocycles. The highest BCUT2D eigenvalue weighted by atomic mass is 16.2. The summed E-state index contributed by atoms with van der Waals surface area (Å²) >= 11 is 0. The second-order valence-electron chi connectivity index (χ2n) is 4.50. The van der Waals surface area contributed by atoms with Crippen molar-refractivity contribution in [2.24, 2.45) is 0 Å². The number of nitrogens with zero attached hydrogens (tertiary/aromatic N) is 1. The van der Waals surface area contributed by atoms with Crippen molar-refractivity contribution in [1.82, 2.24) is 5.32 Å². The molecule has 0 radical (unpaired) electrons. The van der Waals surface area contributed by atoms with Gasteiger partial charge in [0.1, 0.15) is 0 Å². The van der Waals surface area contributed by atoms with Crippen LogP contribution in [0.15, 0.2) is 18.2 Å². The van der Waals surface area contributed by atoms with Gasteiger partial charge in [-0.3, -0.25) is 14.5 Å². The maximum absolute atomic E-state index is 11.6. The standard InChI is InChI=1S/C13H14N2O2/c16-12-3-4-13(17)15(12)11-2-1-9-5-6-14-8-10(9)7-11/h1-2,7,14H,3-6,8H2. The Morgan fingerprint density at radius 3 is 2.53 bits per heavy atom. The number of imide groups is 1. The predicted octanol–water partition coefficient (Wildman–Crippen LogP) is 0.986. The minimum absolute atomic E-state index is 0.0845. The monoisotopic (exact) mass is 230 g/mol. The molecule has 4 heteroatoms. The van der Waals surface area contributed by atoms with Crippen LogP contribution in [0.1, 0.15) is 24.0 Å². The Morgan fingerprint density at radius 2 is 1.76 bits per heavy atom. The molecule has 1 N–H and O–H groups in total. The summed E-state index contributed by atoms with van der Waals surface area (Å²) in [5.74, 6) is -0.169. The molecule has 2 heterocycles. The number of carbonyl (C=O) groups is 2. The van der Waals surface area contributed by atoms with Gasteiger partial charge in [-0.1, -0.05) is 6.07 Å². The summed E-state index contributed by atoms with van der Waals surface area (Å²) in [4.78, 5) is 24.6. The molecule has 0 aliphatic carbocycles. The van der Waals surface area contributed by atoms with Gasteiger partial charge in [-0.25, -0.2) is 0 Å². The predicted molar refractivity (Wildman–Crippen MR) is 63.6 cm³/mol. The molecular formula is C13H14N2O2. The smallest absolute Gasteiger partial charge is 0.234 e. The molecule has 0 aromatic heterocycles. The lowest BCUT2D eigenvalue weighted by Crippen LogP contribution is -2.29. The van der Waals surface area contributed by atoms with E-state index in [-0.39, 0.29) is 11.8 Å². The first kappa shape index (κ1) is 10.5. The van der Waals surface area contributed by atoms with Gasteiger partial charge < -0.3 is 5.32 Å². The summed E-state index contributed by atoms with van der Waals surface area (Å²) in [6.07, 6.45) is 1.69. The van der Waals surface area contributed by atoms with Gasteiger partial charge in [0.25, 0.3) is 0 Å². The number of fused-ring (bicyclic) bond motifs is 1. The average molecular weight is 230 g/mol. The van der Waals surface area contributed by atoms with E-state index in [1.54, 1.807) is 0 Å². The molecule has 0 unspecified atom stereocenters. The van der Waals surface area contributed by atoms with E-state index in [0.29, 0.717) is 12.8 Å². The molecule has 1 fully saturated rings. The molecule has 3 rings (SSSR count). The van der Waals surface area contributed by atoms with E-state index in [1.807, 2.05) is 18.2 Å². The van der Waals surface area contributed by atoms with E-state index in [4.69, 9.17) is 0 Å². The van der Waals surface area contributed by atoms with Crippen molar-refractivity contribution in [1.29, 1.82) is 0 Å². The molecule has 1 aromatic carbocycles. The third-order valence-corrected chi connectivity index (χ3v) is 3.39. The summed E-state index contributed by atoms with van der Waals surface area (Å²) in [6.45, 7) is 1.81. The first-order valence-corrected chi connectivity index (χ1v) is 5.94. The van der Waals surface area contributed by atoms with Crippen molar-refractivity contribution in [3.63, 3.8) is 0 Å². The van der Waals surface area contributed by atoms with E-state index in [1.165, 1.54) is 16.0 Å². The highest BCUT2D eigenvalue weighted by Crippen LogP contribution is 2.26. The molecule has 1 aromatic rings. The van der Waals surface area contributed by atoms with Crippen LogP contribution in [0.3, 0.4) is 0 Å². The molecule has 17 heavy (non-hydrogen) atoms. The Hall–Kier alpha value is -1.68. The molecule has 0 atom stereocenters. The molecule has 0 saturated carbocycles. The maximum atomic E-state index is 11.6. The SMILES string of the molecule is O=C1CCC(=O)N1c1ccc2c(c1)CNCC2. The zero-order chi connectivity index (χ0) is 11.8. The van der Waals surface area contributed by atoms with Gasteiger partial charge in [-0.2, -0.15) is 0 Å². The minimum atomic E-state index is -0.0845. The highest BCUT2D eigenvalue weighted by molar-refractivity contribution is 6.19. The Kier molecular flexibility index (Phi) is 2.44. The number of hydrogen-bond acceptors (Lipinski definition) is 3. The zero-order valence-electron chi connectivity index (χ0n) is 9.53. The summed E-state index contributed by atoms with van der Waals surface area (Å²) in [7, 11) is 0. The van der Waals surface area contributed by atoms with Crippen molar-refractivity contribution in [3.05, 3.63) is 29.3 Å². The highest BCUT2D eigenvalue weighted by Gasteiger charge is 2.30. The average Bonchev–Trinajstić information content (AvgIpc) is 2.68. The lowest BCUT2D eigenvalue weighted by atomic mass is 10.0. The molecule has 2 aliphatic rings. The van der Waals surface area contributed by atoms with E-state index >= 15 is 0 Å². The molecule has 0 bridgehead atoms. The normalized spacial score (nSPS) is 19.6. The van der Waals surface area contributed by atoms with Crippen molar-refractivity contribution >= 4 is 17.5 Å². The number of anilines is 1. The van der Waals surface area contributed by atoms with Gasteiger partial charge >= 0.3 is 0 Å². The number of nitrogens with one attached hydrogen (secondary N) is 1. The Labute approximate surface area is 99.6 Å². The molecule has 4 nitrogen and oxygen atoms in total. The van der Waals surface area contributed by atoms with Crippen molar-refractivity contribution < 1.29 is 9.59 Å². The quantitative estimate of drug-likeness (QED) is 0.732. The number of benzene rings is 1. The van der Waals surface area contributed by atoms with Crippen LogP contribution in [-0.4, -0.2) is 18.4 Å². The second-order valence-corrected chi connectivity index (χ2v) is 4.50. The lowest BCUT2D eigenvalue weighted by Gasteiger charge is -2.20. The minimum Gasteiger partial charge on any atom is -0.312 e. The van der Waals surface area contributed by atoms with Gasteiger partial charge in [0.05, 0.1) is 5.69 Å². The number of amides is 2. The van der Waals surface area contributed by atoms with Crippen molar-refractivity contribution in [3.8, 4) is 0 Å².